The van der Waals surface area contributed by atoms with Crippen molar-refractivity contribution in [1.29, 1.82) is 0 Å². The SMILES string of the molecule is OCC1OC(OC2CC(C3OC4CC(O)CC(O)C4CC3OC3OC(CO)C(O)C(O)C3O)CCC2O)C(O)C(O)C1O. The first kappa shape index (κ1) is 33.7. The van der Waals surface area contributed by atoms with Crippen molar-refractivity contribution < 1.29 is 79.9 Å². The third-order valence-electron chi connectivity index (χ3n) is 9.77. The smallest absolute Gasteiger partial charge is 0.187 e. The summed E-state index contributed by atoms with van der Waals surface area (Å²) in [7, 11) is 0. The number of ether oxygens (including phenoxy) is 5. The first-order valence-corrected chi connectivity index (χ1v) is 15.0. The Hall–Kier alpha value is -0.640. The van der Waals surface area contributed by atoms with Crippen molar-refractivity contribution >= 4 is 0 Å². The van der Waals surface area contributed by atoms with Gasteiger partial charge >= 0.3 is 0 Å². The van der Waals surface area contributed by atoms with Gasteiger partial charge in [0.15, 0.2) is 12.6 Å². The van der Waals surface area contributed by atoms with Crippen LogP contribution in [0.4, 0.5) is 0 Å². The van der Waals surface area contributed by atoms with Crippen LogP contribution in [0.1, 0.15) is 38.5 Å². The molecule has 0 bridgehead atoms. The molecule has 5 aliphatic rings. The molecule has 0 amide bonds. The van der Waals surface area contributed by atoms with Gasteiger partial charge < -0.3 is 79.9 Å². The molecule has 0 spiro atoms. The third-order valence-corrected chi connectivity index (χ3v) is 9.77. The van der Waals surface area contributed by atoms with Crippen LogP contribution in [0, 0.1) is 11.8 Å². The van der Waals surface area contributed by atoms with Gasteiger partial charge in [-0.05, 0) is 44.4 Å². The van der Waals surface area contributed by atoms with E-state index in [9.17, 15) is 56.2 Å². The molecular weight excluding hydrogens is 580 g/mol. The van der Waals surface area contributed by atoms with Crippen LogP contribution in [0.3, 0.4) is 0 Å². The molecule has 19 unspecified atom stereocenters. The zero-order chi connectivity index (χ0) is 31.2. The van der Waals surface area contributed by atoms with Gasteiger partial charge in [0.25, 0.3) is 0 Å². The highest BCUT2D eigenvalue weighted by Crippen LogP contribution is 2.44. The normalized spacial score (nSPS) is 54.6. The molecule has 16 heteroatoms. The Kier molecular flexibility index (Phi) is 11.0. The first-order valence-electron chi connectivity index (χ1n) is 15.0. The summed E-state index contributed by atoms with van der Waals surface area (Å²) in [5.41, 5.74) is 0. The highest BCUT2D eigenvalue weighted by molar-refractivity contribution is 4.99. The van der Waals surface area contributed by atoms with Gasteiger partial charge in [0.2, 0.25) is 0 Å². The van der Waals surface area contributed by atoms with Crippen LogP contribution in [-0.4, -0.2) is 174 Å². The standard InChI is InChI=1S/C27H46O16/c28-7-17-19(33)21(35)23(37)26(42-17)40-15-3-9(1-2-12(15)31)25-16(6-11-13(32)4-10(30)5-14(11)39-25)41-27-24(38)22(36)20(34)18(8-29)43-27/h9-38H,1-8H2. The first-order chi connectivity index (χ1) is 20.4. The van der Waals surface area contributed by atoms with Gasteiger partial charge in [-0.3, -0.25) is 0 Å². The minimum Gasteiger partial charge on any atom is -0.394 e. The summed E-state index contributed by atoms with van der Waals surface area (Å²) in [5, 5.41) is 113. The van der Waals surface area contributed by atoms with Gasteiger partial charge in [-0.1, -0.05) is 0 Å². The third kappa shape index (κ3) is 6.90. The van der Waals surface area contributed by atoms with Crippen LogP contribution < -0.4 is 0 Å². The molecule has 3 saturated heterocycles. The Balaban J connectivity index is 1.34. The number of aliphatic hydroxyl groups excluding tert-OH is 11. The Bertz CT molecular complexity index is 895. The molecule has 43 heavy (non-hydrogen) atoms. The molecule has 0 radical (unpaired) electrons. The van der Waals surface area contributed by atoms with Crippen LogP contribution in [-0.2, 0) is 23.7 Å². The summed E-state index contributed by atoms with van der Waals surface area (Å²) >= 11 is 0. The van der Waals surface area contributed by atoms with Gasteiger partial charge in [0.1, 0.15) is 48.8 Å². The van der Waals surface area contributed by atoms with Gasteiger partial charge in [-0.2, -0.15) is 0 Å². The van der Waals surface area contributed by atoms with Crippen LogP contribution in [0.2, 0.25) is 0 Å². The van der Waals surface area contributed by atoms with E-state index >= 15 is 0 Å². The lowest BCUT2D eigenvalue weighted by molar-refractivity contribution is -0.336. The van der Waals surface area contributed by atoms with Gasteiger partial charge in [-0.15, -0.1) is 0 Å². The van der Waals surface area contributed by atoms with Crippen molar-refractivity contribution in [2.45, 2.75) is 143 Å². The van der Waals surface area contributed by atoms with E-state index in [0.29, 0.717) is 6.42 Å². The average Bonchev–Trinajstić information content (AvgIpc) is 2.98. The average molecular weight is 627 g/mol. The molecule has 0 aromatic rings. The molecule has 3 heterocycles. The Morgan fingerprint density at radius 2 is 1.09 bits per heavy atom. The second-order valence-corrected chi connectivity index (χ2v) is 12.6. The highest BCUT2D eigenvalue weighted by Gasteiger charge is 2.53. The van der Waals surface area contributed by atoms with Crippen LogP contribution in [0.5, 0.6) is 0 Å². The summed E-state index contributed by atoms with van der Waals surface area (Å²) < 4.78 is 29.5. The van der Waals surface area contributed by atoms with Crippen molar-refractivity contribution in [2.75, 3.05) is 13.2 Å². The minimum absolute atomic E-state index is 0.145. The van der Waals surface area contributed by atoms with Gasteiger partial charge in [0.05, 0.1) is 55.9 Å². The molecule has 0 aromatic heterocycles. The maximum atomic E-state index is 10.8. The number of aliphatic hydroxyl groups is 11. The van der Waals surface area contributed by atoms with Crippen molar-refractivity contribution in [3.05, 3.63) is 0 Å². The number of fused-ring (bicyclic) bond motifs is 1. The quantitative estimate of drug-likeness (QED) is 0.126. The zero-order valence-corrected chi connectivity index (χ0v) is 23.6. The lowest BCUT2D eigenvalue weighted by atomic mass is 9.72. The lowest BCUT2D eigenvalue weighted by Crippen LogP contribution is -2.62. The fourth-order valence-corrected chi connectivity index (χ4v) is 7.24. The maximum absolute atomic E-state index is 10.8. The predicted octanol–water partition coefficient (Wildman–Crippen LogP) is -5.19. The van der Waals surface area contributed by atoms with E-state index in [0.717, 1.165) is 0 Å². The van der Waals surface area contributed by atoms with E-state index in [1.54, 1.807) is 0 Å². The molecule has 0 aromatic carbocycles. The molecule has 19 atom stereocenters. The van der Waals surface area contributed by atoms with Crippen molar-refractivity contribution in [3.8, 4) is 0 Å². The molecule has 5 fully saturated rings. The molecule has 3 aliphatic heterocycles. The summed E-state index contributed by atoms with van der Waals surface area (Å²) in [6, 6.07) is 0. The molecular formula is C27H46O16. The number of hydrogen-bond acceptors (Lipinski definition) is 16. The molecule has 2 saturated carbocycles. The lowest BCUT2D eigenvalue weighted by Gasteiger charge is -2.51. The maximum Gasteiger partial charge on any atom is 0.187 e. The molecule has 250 valence electrons. The Morgan fingerprint density at radius 1 is 0.535 bits per heavy atom. The zero-order valence-electron chi connectivity index (χ0n) is 23.6. The van der Waals surface area contributed by atoms with Gasteiger partial charge in [-0.25, -0.2) is 0 Å². The highest BCUT2D eigenvalue weighted by atomic mass is 16.7. The molecule has 16 nitrogen and oxygen atoms in total. The largest absolute Gasteiger partial charge is 0.394 e. The second kappa shape index (κ2) is 14.0. The second-order valence-electron chi connectivity index (χ2n) is 12.6. The van der Waals surface area contributed by atoms with Crippen LogP contribution in [0.15, 0.2) is 0 Å². The van der Waals surface area contributed by atoms with Crippen LogP contribution in [0.25, 0.3) is 0 Å². The van der Waals surface area contributed by atoms with E-state index in [-0.39, 0.29) is 38.0 Å². The fourth-order valence-electron chi connectivity index (χ4n) is 7.24. The molecule has 11 N–H and O–H groups in total. The van der Waals surface area contributed by atoms with E-state index in [1.165, 1.54) is 0 Å². The Morgan fingerprint density at radius 3 is 1.65 bits per heavy atom. The van der Waals surface area contributed by atoms with Crippen molar-refractivity contribution in [2.24, 2.45) is 11.8 Å². The minimum atomic E-state index is -1.66. The summed E-state index contributed by atoms with van der Waals surface area (Å²) in [6.45, 7) is -1.29. The fraction of sp³-hybridized carbons (Fsp3) is 1.00. The predicted molar refractivity (Wildman–Crippen MR) is 139 cm³/mol. The van der Waals surface area contributed by atoms with Crippen molar-refractivity contribution in [1.82, 2.24) is 0 Å². The Labute approximate surface area is 248 Å². The number of hydrogen-bond donors (Lipinski definition) is 11. The van der Waals surface area contributed by atoms with E-state index < -0.39 is 123 Å². The molecule has 5 rings (SSSR count). The van der Waals surface area contributed by atoms with E-state index in [1.807, 2.05) is 0 Å². The summed E-state index contributed by atoms with van der Waals surface area (Å²) in [5.74, 6) is -0.796. The summed E-state index contributed by atoms with van der Waals surface area (Å²) in [6.07, 6.45) is -19.4. The monoisotopic (exact) mass is 626 g/mol. The van der Waals surface area contributed by atoms with Crippen LogP contribution >= 0.6 is 0 Å². The van der Waals surface area contributed by atoms with E-state index in [4.69, 9.17) is 23.7 Å². The topological polar surface area (TPSA) is 269 Å². The van der Waals surface area contributed by atoms with E-state index in [2.05, 4.69) is 0 Å². The summed E-state index contributed by atoms with van der Waals surface area (Å²) in [4.78, 5) is 0. The molecule has 2 aliphatic carbocycles. The number of rotatable bonds is 7. The van der Waals surface area contributed by atoms with Crippen molar-refractivity contribution in [3.63, 3.8) is 0 Å². The van der Waals surface area contributed by atoms with Gasteiger partial charge in [0, 0.05) is 5.92 Å².